The zero-order valence-corrected chi connectivity index (χ0v) is 8.30. The maximum Gasteiger partial charge on any atom is 0.273 e. The van der Waals surface area contributed by atoms with Gasteiger partial charge in [0, 0.05) is 13.1 Å². The Hall–Kier alpha value is -1.62. The molecule has 72 valence electrons. The van der Waals surface area contributed by atoms with Crippen molar-refractivity contribution in [2.24, 2.45) is 0 Å². The quantitative estimate of drug-likeness (QED) is 0.817. The standard InChI is InChI=1S/C9H8N2O2S/c1-10-9-11-8(12)5-7(14-9)6-3-2-4-13-6/h2-5H,1H3,(H,10,11,12). The second kappa shape index (κ2) is 3.63. The van der Waals surface area contributed by atoms with E-state index in [9.17, 15) is 4.79 Å². The normalized spacial score (nSPS) is 10.1. The molecular formula is C9H8N2O2S. The molecule has 2 rings (SSSR count). The summed E-state index contributed by atoms with van der Waals surface area (Å²) in [6.45, 7) is 0. The van der Waals surface area contributed by atoms with Gasteiger partial charge in [-0.2, -0.15) is 4.98 Å². The summed E-state index contributed by atoms with van der Waals surface area (Å²) in [6, 6.07) is 5.06. The zero-order valence-electron chi connectivity index (χ0n) is 7.48. The van der Waals surface area contributed by atoms with Crippen LogP contribution in [0, 0.1) is 0 Å². The summed E-state index contributed by atoms with van der Waals surface area (Å²) in [4.78, 5) is 15.7. The van der Waals surface area contributed by atoms with E-state index in [1.165, 1.54) is 17.4 Å². The van der Waals surface area contributed by atoms with Crippen molar-refractivity contribution in [2.75, 3.05) is 12.4 Å². The zero-order chi connectivity index (χ0) is 9.97. The minimum absolute atomic E-state index is 0.264. The molecule has 0 unspecified atom stereocenters. The van der Waals surface area contributed by atoms with Gasteiger partial charge in [0.1, 0.15) is 5.76 Å². The molecule has 0 aliphatic carbocycles. The van der Waals surface area contributed by atoms with Gasteiger partial charge in [0.2, 0.25) is 0 Å². The van der Waals surface area contributed by atoms with Gasteiger partial charge in [-0.25, -0.2) is 0 Å². The summed E-state index contributed by atoms with van der Waals surface area (Å²) in [7, 11) is 1.73. The summed E-state index contributed by atoms with van der Waals surface area (Å²) in [5, 5.41) is 3.42. The van der Waals surface area contributed by atoms with Crippen molar-refractivity contribution in [2.45, 2.75) is 0 Å². The molecule has 0 radical (unpaired) electrons. The molecule has 0 saturated heterocycles. The maximum atomic E-state index is 11.2. The van der Waals surface area contributed by atoms with Crippen LogP contribution in [-0.2, 0) is 0 Å². The van der Waals surface area contributed by atoms with E-state index in [4.69, 9.17) is 4.42 Å². The molecule has 0 aliphatic rings. The topological polar surface area (TPSA) is 55.1 Å². The van der Waals surface area contributed by atoms with E-state index >= 15 is 0 Å². The number of anilines is 1. The molecule has 2 aromatic heterocycles. The third-order valence-corrected chi connectivity index (χ3v) is 2.68. The molecule has 0 amide bonds. The van der Waals surface area contributed by atoms with E-state index in [-0.39, 0.29) is 5.56 Å². The number of nitrogens with one attached hydrogen (secondary N) is 1. The van der Waals surface area contributed by atoms with E-state index in [2.05, 4.69) is 10.3 Å². The van der Waals surface area contributed by atoms with Crippen molar-refractivity contribution in [3.05, 3.63) is 34.8 Å². The predicted molar refractivity (Wildman–Crippen MR) is 55.6 cm³/mol. The van der Waals surface area contributed by atoms with Gasteiger partial charge in [0.05, 0.1) is 11.1 Å². The van der Waals surface area contributed by atoms with Crippen LogP contribution in [0.4, 0.5) is 5.13 Å². The lowest BCUT2D eigenvalue weighted by Crippen LogP contribution is -2.05. The van der Waals surface area contributed by atoms with Crippen molar-refractivity contribution in [3.63, 3.8) is 0 Å². The fourth-order valence-corrected chi connectivity index (χ4v) is 1.87. The lowest BCUT2D eigenvalue weighted by Gasteiger charge is -1.98. The molecule has 0 fully saturated rings. The van der Waals surface area contributed by atoms with Crippen LogP contribution in [0.3, 0.4) is 0 Å². The van der Waals surface area contributed by atoms with Gasteiger partial charge >= 0.3 is 0 Å². The number of rotatable bonds is 2. The summed E-state index contributed by atoms with van der Waals surface area (Å²) in [5.41, 5.74) is -0.264. The van der Waals surface area contributed by atoms with Crippen LogP contribution in [0.2, 0.25) is 0 Å². The number of aromatic nitrogens is 1. The Kier molecular flexibility index (Phi) is 2.32. The Morgan fingerprint density at radius 3 is 3.07 bits per heavy atom. The predicted octanol–water partition coefficient (Wildman–Crippen LogP) is 1.80. The van der Waals surface area contributed by atoms with Gasteiger partial charge in [-0.05, 0) is 12.1 Å². The number of nitrogens with zero attached hydrogens (tertiary/aromatic N) is 1. The van der Waals surface area contributed by atoms with Crippen molar-refractivity contribution in [1.29, 1.82) is 0 Å². The lowest BCUT2D eigenvalue weighted by molar-refractivity contribution is 0.583. The van der Waals surface area contributed by atoms with Crippen LogP contribution in [0.5, 0.6) is 0 Å². The van der Waals surface area contributed by atoms with Crippen molar-refractivity contribution in [3.8, 4) is 10.6 Å². The Bertz CT molecular complexity index is 476. The fourth-order valence-electron chi connectivity index (χ4n) is 1.05. The molecule has 0 saturated carbocycles. The Labute approximate surface area is 84.2 Å². The molecule has 4 nitrogen and oxygen atoms in total. The average Bonchev–Trinajstić information content (AvgIpc) is 2.69. The van der Waals surface area contributed by atoms with Crippen LogP contribution in [0.1, 0.15) is 0 Å². The average molecular weight is 208 g/mol. The minimum atomic E-state index is -0.264. The highest BCUT2D eigenvalue weighted by Crippen LogP contribution is 2.25. The second-order valence-electron chi connectivity index (χ2n) is 2.59. The summed E-state index contributed by atoms with van der Waals surface area (Å²) < 4.78 is 5.19. The van der Waals surface area contributed by atoms with Gasteiger partial charge in [0.15, 0.2) is 5.13 Å². The highest BCUT2D eigenvalue weighted by atomic mass is 32.1. The van der Waals surface area contributed by atoms with Crippen LogP contribution in [0.15, 0.2) is 33.7 Å². The van der Waals surface area contributed by atoms with Gasteiger partial charge in [-0.1, -0.05) is 11.3 Å². The molecule has 2 aromatic rings. The Morgan fingerprint density at radius 1 is 1.57 bits per heavy atom. The van der Waals surface area contributed by atoms with E-state index in [1.54, 1.807) is 19.4 Å². The van der Waals surface area contributed by atoms with E-state index < -0.39 is 0 Å². The third kappa shape index (κ3) is 1.67. The molecule has 0 aliphatic heterocycles. The fraction of sp³-hybridized carbons (Fsp3) is 0.111. The van der Waals surface area contributed by atoms with Crippen molar-refractivity contribution >= 4 is 16.5 Å². The van der Waals surface area contributed by atoms with Crippen molar-refractivity contribution in [1.82, 2.24) is 4.98 Å². The van der Waals surface area contributed by atoms with Crippen molar-refractivity contribution < 1.29 is 4.42 Å². The summed E-state index contributed by atoms with van der Waals surface area (Å²) in [6.07, 6.45) is 1.58. The van der Waals surface area contributed by atoms with Crippen LogP contribution in [0.25, 0.3) is 10.6 Å². The third-order valence-electron chi connectivity index (χ3n) is 1.65. The van der Waals surface area contributed by atoms with Crippen LogP contribution >= 0.6 is 11.3 Å². The summed E-state index contributed by atoms with van der Waals surface area (Å²) in [5.74, 6) is 0.686. The monoisotopic (exact) mass is 208 g/mol. The first-order valence-corrected chi connectivity index (χ1v) is 4.85. The lowest BCUT2D eigenvalue weighted by atomic mass is 10.4. The molecular weight excluding hydrogens is 200 g/mol. The molecule has 0 spiro atoms. The first-order chi connectivity index (χ1) is 6.79. The largest absolute Gasteiger partial charge is 0.464 e. The molecule has 0 atom stereocenters. The molecule has 0 aromatic carbocycles. The number of hydrogen-bond acceptors (Lipinski definition) is 5. The van der Waals surface area contributed by atoms with E-state index in [1.807, 2.05) is 6.07 Å². The molecule has 0 bridgehead atoms. The maximum absolute atomic E-state index is 11.2. The van der Waals surface area contributed by atoms with Crippen LogP contribution in [-0.4, -0.2) is 12.0 Å². The first kappa shape index (κ1) is 8.96. The minimum Gasteiger partial charge on any atom is -0.464 e. The highest BCUT2D eigenvalue weighted by molar-refractivity contribution is 7.18. The van der Waals surface area contributed by atoms with Gasteiger partial charge in [-0.3, -0.25) is 4.79 Å². The molecule has 14 heavy (non-hydrogen) atoms. The second-order valence-corrected chi connectivity index (χ2v) is 3.62. The summed E-state index contributed by atoms with van der Waals surface area (Å²) >= 11 is 1.38. The SMILES string of the molecule is CNc1nc(=O)cc(-c2ccco2)s1. The smallest absolute Gasteiger partial charge is 0.273 e. The molecule has 2 heterocycles. The van der Waals surface area contributed by atoms with Gasteiger partial charge < -0.3 is 9.73 Å². The number of furan rings is 1. The van der Waals surface area contributed by atoms with E-state index in [0.717, 1.165) is 4.88 Å². The van der Waals surface area contributed by atoms with Crippen LogP contribution < -0.4 is 10.9 Å². The van der Waals surface area contributed by atoms with E-state index in [0.29, 0.717) is 10.9 Å². The molecule has 1 N–H and O–H groups in total. The Balaban J connectivity index is 2.54. The van der Waals surface area contributed by atoms with Gasteiger partial charge in [-0.15, -0.1) is 0 Å². The molecule has 5 heteroatoms. The first-order valence-electron chi connectivity index (χ1n) is 4.03. The highest BCUT2D eigenvalue weighted by Gasteiger charge is 2.05. The van der Waals surface area contributed by atoms with Gasteiger partial charge in [0.25, 0.3) is 5.56 Å². The Morgan fingerprint density at radius 2 is 2.43 bits per heavy atom. The number of hydrogen-bond donors (Lipinski definition) is 1.